The number of carbonyl (C=O) groups is 1. The molecule has 0 aliphatic rings. The molecule has 0 fully saturated rings. The Morgan fingerprint density at radius 2 is 1.75 bits per heavy atom. The van der Waals surface area contributed by atoms with E-state index in [1.165, 1.54) is 4.91 Å². The number of hydrogen-bond acceptors (Lipinski definition) is 2. The van der Waals surface area contributed by atoms with Gasteiger partial charge in [0.2, 0.25) is 0 Å². The highest BCUT2D eigenvalue weighted by atomic mass is 16.4. The predicted molar refractivity (Wildman–Crippen MR) is 45.1 cm³/mol. The second-order valence-electron chi connectivity index (χ2n) is 3.27. The highest BCUT2D eigenvalue weighted by Gasteiger charge is 2.26. The third kappa shape index (κ3) is 6.85. The molecule has 70 valence electrons. The summed E-state index contributed by atoms with van der Waals surface area (Å²) in [4.78, 5) is 11.7. The van der Waals surface area contributed by atoms with E-state index in [0.717, 1.165) is 0 Å². The Morgan fingerprint density at radius 1 is 1.50 bits per heavy atom. The van der Waals surface area contributed by atoms with Crippen LogP contribution in [0.15, 0.2) is 0 Å². The molecule has 12 heavy (non-hydrogen) atoms. The molecule has 6 heteroatoms. The second-order valence-corrected chi connectivity index (χ2v) is 3.27. The van der Waals surface area contributed by atoms with E-state index in [1.807, 2.05) is 0 Å². The van der Waals surface area contributed by atoms with Gasteiger partial charge in [0, 0.05) is 0 Å². The minimum absolute atomic E-state index is 0.341. The van der Waals surface area contributed by atoms with Gasteiger partial charge in [-0.05, 0) is 5.41 Å². The molecule has 0 amide bonds. The van der Waals surface area contributed by atoms with Crippen LogP contribution in [-0.4, -0.2) is 17.1 Å². The van der Waals surface area contributed by atoms with E-state index in [-0.39, 0.29) is 5.41 Å². The summed E-state index contributed by atoms with van der Waals surface area (Å²) < 4.78 is 0. The van der Waals surface area contributed by atoms with Crippen LogP contribution < -0.4 is 5.73 Å². The van der Waals surface area contributed by atoms with Gasteiger partial charge in [-0.1, -0.05) is 20.8 Å². The lowest BCUT2D eigenvalue weighted by Crippen LogP contribution is -2.41. The molecule has 0 aromatic rings. The lowest BCUT2D eigenvalue weighted by atomic mass is 9.88. The Kier molecular flexibility index (Phi) is 6.00. The van der Waals surface area contributed by atoms with Crippen LogP contribution in [0, 0.1) is 5.41 Å². The smallest absolute Gasteiger partial charge is 0.321 e. The van der Waals surface area contributed by atoms with Gasteiger partial charge in [-0.15, -0.1) is 0 Å². The first-order valence-corrected chi connectivity index (χ1v) is 3.24. The van der Waals surface area contributed by atoms with Gasteiger partial charge in [-0.3, -0.25) is 9.71 Å². The molecule has 0 aromatic heterocycles. The SMILES string of the molecule is CC(C)(C)C(N)C(=O)O.[N-]=[N+]=[N-]. The molecule has 3 N–H and O–H groups in total. The van der Waals surface area contributed by atoms with Crippen molar-refractivity contribution in [2.75, 3.05) is 0 Å². The maximum Gasteiger partial charge on any atom is 0.321 e. The molecule has 0 heterocycles. The van der Waals surface area contributed by atoms with Crippen molar-refractivity contribution >= 4 is 5.97 Å². The summed E-state index contributed by atoms with van der Waals surface area (Å²) in [6, 6.07) is -0.766. The van der Waals surface area contributed by atoms with Crippen LogP contribution in [0.25, 0.3) is 16.0 Å². The van der Waals surface area contributed by atoms with Crippen molar-refractivity contribution in [3.05, 3.63) is 16.0 Å². The van der Waals surface area contributed by atoms with Crippen molar-refractivity contribution < 1.29 is 9.90 Å². The molecule has 0 bridgehead atoms. The lowest BCUT2D eigenvalue weighted by Gasteiger charge is -2.22. The van der Waals surface area contributed by atoms with Gasteiger partial charge in [0.1, 0.15) is 6.04 Å². The number of nitrogens with zero attached hydrogens (tertiary/aromatic N) is 3. The first-order chi connectivity index (χ1) is 5.27. The third-order valence-corrected chi connectivity index (χ3v) is 1.20. The average molecular weight is 173 g/mol. The van der Waals surface area contributed by atoms with E-state index in [4.69, 9.17) is 21.9 Å². The van der Waals surface area contributed by atoms with Crippen molar-refractivity contribution in [1.82, 2.24) is 0 Å². The average Bonchev–Trinajstić information content (AvgIpc) is 1.85. The maximum absolute atomic E-state index is 10.2. The maximum atomic E-state index is 10.2. The van der Waals surface area contributed by atoms with Gasteiger partial charge >= 0.3 is 5.97 Å². The van der Waals surface area contributed by atoms with E-state index in [9.17, 15) is 4.79 Å². The van der Waals surface area contributed by atoms with Gasteiger partial charge in [0.15, 0.2) is 0 Å². The summed E-state index contributed by atoms with van der Waals surface area (Å²) in [7, 11) is 0. The largest absolute Gasteiger partial charge is 0.480 e. The number of nitrogens with two attached hydrogens (primary N) is 1. The first kappa shape index (κ1) is 13.3. The van der Waals surface area contributed by atoms with Crippen LogP contribution in [0.1, 0.15) is 20.8 Å². The Hall–Kier alpha value is -1.26. The summed E-state index contributed by atoms with van der Waals surface area (Å²) in [5.41, 5.74) is 18.5. The van der Waals surface area contributed by atoms with Crippen molar-refractivity contribution in [1.29, 1.82) is 0 Å². The van der Waals surface area contributed by atoms with Crippen LogP contribution in [0.2, 0.25) is 0 Å². The quantitative estimate of drug-likeness (QED) is 0.353. The molecular weight excluding hydrogens is 160 g/mol. The summed E-state index contributed by atoms with van der Waals surface area (Å²) in [6.45, 7) is 5.39. The highest BCUT2D eigenvalue weighted by molar-refractivity contribution is 5.74. The van der Waals surface area contributed by atoms with Crippen molar-refractivity contribution in [2.45, 2.75) is 26.8 Å². The standard InChI is InChI=1S/C6H13NO2.N3/c1-6(2,3)4(7)5(8)9;1-3-2/h4H,7H2,1-3H3,(H,8,9);/q;-1. The lowest BCUT2D eigenvalue weighted by molar-refractivity contribution is -0.141. The van der Waals surface area contributed by atoms with Gasteiger partial charge < -0.3 is 21.9 Å². The zero-order valence-electron chi connectivity index (χ0n) is 7.35. The molecule has 0 radical (unpaired) electrons. The fourth-order valence-corrected chi connectivity index (χ4v) is 0.370. The number of hydrogen-bond donors (Lipinski definition) is 2. The molecule has 0 spiro atoms. The molecule has 1 unspecified atom stereocenters. The van der Waals surface area contributed by atoms with Gasteiger partial charge in [-0.25, -0.2) is 0 Å². The third-order valence-electron chi connectivity index (χ3n) is 1.20. The van der Waals surface area contributed by atoms with Gasteiger partial charge in [-0.2, -0.15) is 0 Å². The van der Waals surface area contributed by atoms with Crippen LogP contribution in [0.4, 0.5) is 0 Å². The van der Waals surface area contributed by atoms with Crippen molar-refractivity contribution in [2.24, 2.45) is 11.1 Å². The number of carboxylic acid groups (broad SMARTS) is 1. The van der Waals surface area contributed by atoms with E-state index in [0.29, 0.717) is 0 Å². The summed E-state index contributed by atoms with van der Waals surface area (Å²) >= 11 is 0. The van der Waals surface area contributed by atoms with Gasteiger partial charge in [0.05, 0.1) is 0 Å². The first-order valence-electron chi connectivity index (χ1n) is 3.24. The molecule has 0 saturated heterocycles. The minimum Gasteiger partial charge on any atom is -0.480 e. The molecule has 1 atom stereocenters. The number of carboxylic acids is 1. The van der Waals surface area contributed by atoms with Crippen molar-refractivity contribution in [3.8, 4) is 0 Å². The topological polar surface area (TPSA) is 122 Å². The number of rotatable bonds is 1. The molecular formula is C6H13N4O2-. The van der Waals surface area contributed by atoms with E-state index in [2.05, 4.69) is 0 Å². The molecule has 0 aliphatic heterocycles. The number of aliphatic carboxylic acids is 1. The summed E-state index contributed by atoms with van der Waals surface area (Å²) in [5, 5.41) is 8.39. The van der Waals surface area contributed by atoms with E-state index >= 15 is 0 Å². The predicted octanol–water partition coefficient (Wildman–Crippen LogP) is 1.31. The normalized spacial score (nSPS) is 12.0. The summed E-state index contributed by atoms with van der Waals surface area (Å²) in [5.74, 6) is -0.942. The Balaban J connectivity index is 0. The van der Waals surface area contributed by atoms with Crippen molar-refractivity contribution in [3.63, 3.8) is 0 Å². The minimum atomic E-state index is -0.942. The van der Waals surface area contributed by atoms with Crippen LogP contribution in [-0.2, 0) is 4.79 Å². The molecule has 6 nitrogen and oxygen atoms in total. The van der Waals surface area contributed by atoms with Crippen LogP contribution in [0.3, 0.4) is 0 Å². The Bertz CT molecular complexity index is 178. The van der Waals surface area contributed by atoms with E-state index < -0.39 is 12.0 Å². The molecule has 0 rings (SSSR count). The van der Waals surface area contributed by atoms with Crippen LogP contribution >= 0.6 is 0 Å². The van der Waals surface area contributed by atoms with Gasteiger partial charge in [0.25, 0.3) is 0 Å². The fraction of sp³-hybridized carbons (Fsp3) is 0.833. The molecule has 0 aromatic carbocycles. The highest BCUT2D eigenvalue weighted by Crippen LogP contribution is 2.16. The zero-order chi connectivity index (χ0) is 10.4. The fourth-order valence-electron chi connectivity index (χ4n) is 0.370. The Labute approximate surface area is 70.8 Å². The summed E-state index contributed by atoms with van der Waals surface area (Å²) in [6.07, 6.45) is 0. The Morgan fingerprint density at radius 3 is 1.75 bits per heavy atom. The van der Waals surface area contributed by atoms with E-state index in [1.54, 1.807) is 20.8 Å². The van der Waals surface area contributed by atoms with Crippen LogP contribution in [0.5, 0.6) is 0 Å². The second kappa shape index (κ2) is 5.40. The molecule has 0 saturated carbocycles. The monoisotopic (exact) mass is 173 g/mol. The zero-order valence-corrected chi connectivity index (χ0v) is 7.35. The molecule has 0 aliphatic carbocycles.